The first-order valence-corrected chi connectivity index (χ1v) is 6.72. The second-order valence-corrected chi connectivity index (χ2v) is 5.15. The van der Waals surface area contributed by atoms with E-state index in [0.29, 0.717) is 0 Å². The van der Waals surface area contributed by atoms with Gasteiger partial charge in [-0.3, -0.25) is 0 Å². The van der Waals surface area contributed by atoms with Crippen molar-refractivity contribution in [3.63, 3.8) is 0 Å². The Bertz CT molecular complexity index is 783. The van der Waals surface area contributed by atoms with Gasteiger partial charge in [-0.1, -0.05) is 40.1 Å². The molecule has 2 aromatic carbocycles. The van der Waals surface area contributed by atoms with E-state index < -0.39 is 0 Å². The molecule has 0 saturated carbocycles. The Morgan fingerprint density at radius 3 is 2.50 bits per heavy atom. The van der Waals surface area contributed by atoms with E-state index in [-0.39, 0.29) is 0 Å². The molecular formula is C17H18N3+. The minimum absolute atomic E-state index is 1.10. The molecule has 3 heteroatoms. The maximum atomic E-state index is 4.57. The van der Waals surface area contributed by atoms with Crippen LogP contribution in [0.1, 0.15) is 16.7 Å². The maximum absolute atomic E-state index is 4.57. The molecular weight excluding hydrogens is 246 g/mol. The van der Waals surface area contributed by atoms with Gasteiger partial charge in [0.05, 0.1) is 13.3 Å². The van der Waals surface area contributed by atoms with E-state index in [9.17, 15) is 0 Å². The summed E-state index contributed by atoms with van der Waals surface area (Å²) in [6.07, 6.45) is 3.89. The lowest BCUT2D eigenvalue weighted by molar-refractivity contribution is -0.645. The van der Waals surface area contributed by atoms with Crippen molar-refractivity contribution in [2.24, 2.45) is 12.1 Å². The molecule has 3 aromatic rings. The second-order valence-electron chi connectivity index (χ2n) is 5.15. The Labute approximate surface area is 118 Å². The van der Waals surface area contributed by atoms with E-state index in [2.05, 4.69) is 35.6 Å². The molecule has 0 aliphatic rings. The summed E-state index contributed by atoms with van der Waals surface area (Å²) in [6, 6.07) is 14.5. The zero-order valence-electron chi connectivity index (χ0n) is 12.0. The molecule has 0 radical (unpaired) electrons. The molecule has 0 fully saturated rings. The molecule has 0 amide bonds. The molecule has 1 aromatic heterocycles. The van der Waals surface area contributed by atoms with Crippen LogP contribution in [0.25, 0.3) is 11.0 Å². The highest BCUT2D eigenvalue weighted by atomic mass is 15.4. The third kappa shape index (κ3) is 2.23. The second kappa shape index (κ2) is 4.93. The topological polar surface area (TPSA) is 21.2 Å². The molecule has 0 bridgehead atoms. The quantitative estimate of drug-likeness (QED) is 0.501. The van der Waals surface area contributed by atoms with Gasteiger partial charge in [-0.15, -0.1) is 0 Å². The average Bonchev–Trinajstić information content (AvgIpc) is 2.75. The smallest absolute Gasteiger partial charge is 0.231 e. The van der Waals surface area contributed by atoms with Gasteiger partial charge in [0.15, 0.2) is 5.52 Å². The number of hydrogen-bond donors (Lipinski definition) is 0. The van der Waals surface area contributed by atoms with Gasteiger partial charge in [-0.25, -0.2) is 4.57 Å². The van der Waals surface area contributed by atoms with E-state index in [1.165, 1.54) is 16.6 Å². The van der Waals surface area contributed by atoms with Gasteiger partial charge in [0.1, 0.15) is 0 Å². The summed E-state index contributed by atoms with van der Waals surface area (Å²) in [7, 11) is 2.05. The van der Waals surface area contributed by atoms with Crippen molar-refractivity contribution in [2.45, 2.75) is 13.8 Å². The molecule has 3 rings (SSSR count). The first-order valence-electron chi connectivity index (χ1n) is 6.72. The third-order valence-corrected chi connectivity index (χ3v) is 3.63. The fourth-order valence-corrected chi connectivity index (χ4v) is 2.30. The van der Waals surface area contributed by atoms with Crippen molar-refractivity contribution in [2.75, 3.05) is 0 Å². The fraction of sp³-hybridized carbons (Fsp3) is 0.176. The summed E-state index contributed by atoms with van der Waals surface area (Å²) in [4.78, 5) is 0. The molecule has 0 saturated heterocycles. The summed E-state index contributed by atoms with van der Waals surface area (Å²) in [5.74, 6) is 0. The van der Waals surface area contributed by atoms with Crippen molar-refractivity contribution in [3.05, 3.63) is 65.5 Å². The normalized spacial score (nSPS) is 11.6. The van der Waals surface area contributed by atoms with E-state index in [1.54, 1.807) is 0 Å². The van der Waals surface area contributed by atoms with Crippen molar-refractivity contribution in [1.29, 1.82) is 0 Å². The lowest BCUT2D eigenvalue weighted by Crippen LogP contribution is -2.25. The Hall–Kier alpha value is -2.42. The molecule has 0 atom stereocenters. The van der Waals surface area contributed by atoms with Gasteiger partial charge >= 0.3 is 0 Å². The van der Waals surface area contributed by atoms with Crippen LogP contribution < -0.4 is 4.57 Å². The van der Waals surface area contributed by atoms with Gasteiger partial charge in [0.2, 0.25) is 5.52 Å². The highest BCUT2D eigenvalue weighted by molar-refractivity contribution is 5.80. The highest BCUT2D eigenvalue weighted by Gasteiger charge is 2.13. The molecule has 1 heterocycles. The summed E-state index contributed by atoms with van der Waals surface area (Å²) < 4.78 is 4.03. The highest BCUT2D eigenvalue weighted by Crippen LogP contribution is 2.17. The average molecular weight is 264 g/mol. The number of rotatable bonds is 2. The van der Waals surface area contributed by atoms with E-state index in [4.69, 9.17) is 0 Å². The standard InChI is InChI=1S/C17H18N3/c1-13-9-16-17(10-14(13)2)20(12-19(16)3)18-11-15-7-5-4-6-8-15/h4-12H,1-3H3/q+1. The van der Waals surface area contributed by atoms with Gasteiger partial charge < -0.3 is 0 Å². The number of aromatic nitrogens is 2. The zero-order chi connectivity index (χ0) is 14.1. The SMILES string of the molecule is Cc1cc2c(cc1C)[n+](C)cn2N=Cc1ccccc1. The Morgan fingerprint density at radius 1 is 1.05 bits per heavy atom. The van der Waals surface area contributed by atoms with Gasteiger partial charge in [0.25, 0.3) is 6.33 Å². The Balaban J connectivity index is 2.08. The van der Waals surface area contributed by atoms with Crippen molar-refractivity contribution < 1.29 is 4.57 Å². The number of imidazole rings is 1. The number of fused-ring (bicyclic) bond motifs is 1. The van der Waals surface area contributed by atoms with Gasteiger partial charge in [-0.05, 0) is 42.7 Å². The number of aryl methyl sites for hydroxylation is 3. The van der Waals surface area contributed by atoms with E-state index in [1.807, 2.05) is 54.6 Å². The van der Waals surface area contributed by atoms with Crippen LogP contribution in [0.3, 0.4) is 0 Å². The molecule has 0 aliphatic carbocycles. The monoisotopic (exact) mass is 264 g/mol. The number of benzene rings is 2. The van der Waals surface area contributed by atoms with Crippen molar-refractivity contribution >= 4 is 17.2 Å². The van der Waals surface area contributed by atoms with Crippen LogP contribution in [0.2, 0.25) is 0 Å². The van der Waals surface area contributed by atoms with Gasteiger partial charge in [0, 0.05) is 0 Å². The maximum Gasteiger partial charge on any atom is 0.270 e. The third-order valence-electron chi connectivity index (χ3n) is 3.63. The summed E-state index contributed by atoms with van der Waals surface area (Å²) in [5, 5.41) is 4.57. The lowest BCUT2D eigenvalue weighted by Gasteiger charge is -1.97. The number of nitrogens with zero attached hydrogens (tertiary/aromatic N) is 3. The van der Waals surface area contributed by atoms with E-state index >= 15 is 0 Å². The molecule has 3 nitrogen and oxygen atoms in total. The van der Waals surface area contributed by atoms with Crippen molar-refractivity contribution in [1.82, 2.24) is 4.68 Å². The number of hydrogen-bond acceptors (Lipinski definition) is 1. The first-order chi connectivity index (χ1) is 9.65. The van der Waals surface area contributed by atoms with Crippen LogP contribution in [-0.2, 0) is 7.05 Å². The largest absolute Gasteiger partial charge is 0.270 e. The molecule has 100 valence electrons. The molecule has 0 aliphatic heterocycles. The first kappa shape index (κ1) is 12.6. The van der Waals surface area contributed by atoms with Crippen LogP contribution in [0.15, 0.2) is 53.9 Å². The fourth-order valence-electron chi connectivity index (χ4n) is 2.30. The summed E-state index contributed by atoms with van der Waals surface area (Å²) >= 11 is 0. The molecule has 20 heavy (non-hydrogen) atoms. The zero-order valence-corrected chi connectivity index (χ0v) is 12.0. The summed E-state index contributed by atoms with van der Waals surface area (Å²) in [5.41, 5.74) is 6.01. The van der Waals surface area contributed by atoms with Crippen LogP contribution in [0.4, 0.5) is 0 Å². The summed E-state index contributed by atoms with van der Waals surface area (Å²) in [6.45, 7) is 4.27. The Morgan fingerprint density at radius 2 is 1.75 bits per heavy atom. The van der Waals surface area contributed by atoms with Crippen LogP contribution in [0.5, 0.6) is 0 Å². The van der Waals surface area contributed by atoms with Crippen molar-refractivity contribution in [3.8, 4) is 0 Å². The predicted octanol–water partition coefficient (Wildman–Crippen LogP) is 2.96. The Kier molecular flexibility index (Phi) is 3.11. The van der Waals surface area contributed by atoms with E-state index in [0.717, 1.165) is 11.1 Å². The molecule has 0 N–H and O–H groups in total. The molecule has 0 spiro atoms. The predicted molar refractivity (Wildman–Crippen MR) is 82.0 cm³/mol. The minimum Gasteiger partial charge on any atom is -0.231 e. The van der Waals surface area contributed by atoms with Crippen LogP contribution in [0, 0.1) is 13.8 Å². The van der Waals surface area contributed by atoms with Gasteiger partial charge in [-0.2, -0.15) is 0 Å². The molecule has 0 unspecified atom stereocenters. The minimum atomic E-state index is 1.10. The lowest BCUT2D eigenvalue weighted by atomic mass is 10.1. The van der Waals surface area contributed by atoms with Crippen LogP contribution >= 0.6 is 0 Å². The van der Waals surface area contributed by atoms with Crippen LogP contribution in [-0.4, -0.2) is 10.9 Å².